The maximum atomic E-state index is 5.77. The van der Waals surface area contributed by atoms with Crippen LogP contribution in [0.4, 0.5) is 5.95 Å². The number of hydrogen-bond acceptors (Lipinski definition) is 4. The molecule has 11 heavy (non-hydrogen) atoms. The molecule has 0 saturated carbocycles. The number of fused-ring (bicyclic) bond motifs is 1. The first kappa shape index (κ1) is 6.54. The zero-order valence-electron chi connectivity index (χ0n) is 6.12. The molecule has 1 heterocycles. The van der Waals surface area contributed by atoms with E-state index in [2.05, 4.69) is 9.97 Å². The van der Waals surface area contributed by atoms with E-state index < -0.39 is 0 Å². The molecule has 4 N–H and O–H groups in total. The van der Waals surface area contributed by atoms with Gasteiger partial charge in [-0.3, -0.25) is 0 Å². The van der Waals surface area contributed by atoms with Crippen molar-refractivity contribution in [1.82, 2.24) is 9.97 Å². The van der Waals surface area contributed by atoms with Gasteiger partial charge in [0, 0.05) is 12.2 Å². The summed E-state index contributed by atoms with van der Waals surface area (Å²) in [5.41, 5.74) is 13.3. The standard InChI is InChI=1S/C7H10N4/c8-5-2-1-4-3-10-7(9)11-6(4)5/h3,5H,1-2,8H2,(H2,9,10,11). The molecule has 1 aromatic heterocycles. The molecule has 0 amide bonds. The van der Waals surface area contributed by atoms with Crippen molar-refractivity contribution in [2.75, 3.05) is 5.73 Å². The largest absolute Gasteiger partial charge is 0.368 e. The Bertz CT molecular complexity index is 284. The highest BCUT2D eigenvalue weighted by molar-refractivity contribution is 5.30. The van der Waals surface area contributed by atoms with Crippen LogP contribution in [0.1, 0.15) is 23.7 Å². The number of rotatable bonds is 0. The summed E-state index contributed by atoms with van der Waals surface area (Å²) >= 11 is 0. The van der Waals surface area contributed by atoms with E-state index in [1.165, 1.54) is 0 Å². The summed E-state index contributed by atoms with van der Waals surface area (Å²) in [6.07, 6.45) is 3.72. The van der Waals surface area contributed by atoms with Gasteiger partial charge < -0.3 is 11.5 Å². The van der Waals surface area contributed by atoms with Crippen LogP contribution in [0.2, 0.25) is 0 Å². The number of hydrogen-bond donors (Lipinski definition) is 2. The molecule has 1 aliphatic rings. The van der Waals surface area contributed by atoms with Crippen LogP contribution in [-0.2, 0) is 6.42 Å². The number of nitrogen functional groups attached to an aromatic ring is 1. The normalized spacial score (nSPS) is 21.7. The number of nitrogens with zero attached hydrogens (tertiary/aromatic N) is 2. The number of aromatic nitrogens is 2. The molecule has 0 radical (unpaired) electrons. The van der Waals surface area contributed by atoms with Crippen molar-refractivity contribution in [3.8, 4) is 0 Å². The van der Waals surface area contributed by atoms with E-state index in [9.17, 15) is 0 Å². The number of anilines is 1. The number of aryl methyl sites for hydroxylation is 1. The molecular weight excluding hydrogens is 140 g/mol. The molecular formula is C7H10N4. The Balaban J connectivity index is 2.52. The van der Waals surface area contributed by atoms with E-state index in [4.69, 9.17) is 11.5 Å². The minimum absolute atomic E-state index is 0.0651. The third-order valence-electron chi connectivity index (χ3n) is 1.99. The van der Waals surface area contributed by atoms with Gasteiger partial charge in [-0.15, -0.1) is 0 Å². The first-order valence-corrected chi connectivity index (χ1v) is 3.64. The third kappa shape index (κ3) is 0.952. The minimum Gasteiger partial charge on any atom is -0.368 e. The summed E-state index contributed by atoms with van der Waals surface area (Å²) in [7, 11) is 0. The fourth-order valence-electron chi connectivity index (χ4n) is 1.40. The Hall–Kier alpha value is -1.16. The van der Waals surface area contributed by atoms with Gasteiger partial charge in [-0.05, 0) is 18.4 Å². The second-order valence-corrected chi connectivity index (χ2v) is 2.78. The molecule has 1 atom stereocenters. The fourth-order valence-corrected chi connectivity index (χ4v) is 1.40. The maximum absolute atomic E-state index is 5.77. The van der Waals surface area contributed by atoms with Crippen molar-refractivity contribution in [1.29, 1.82) is 0 Å². The predicted molar refractivity (Wildman–Crippen MR) is 41.7 cm³/mol. The Labute approximate surface area is 64.6 Å². The van der Waals surface area contributed by atoms with Gasteiger partial charge in [-0.1, -0.05) is 0 Å². The second-order valence-electron chi connectivity index (χ2n) is 2.78. The van der Waals surface area contributed by atoms with Crippen molar-refractivity contribution in [2.24, 2.45) is 5.73 Å². The predicted octanol–water partition coefficient (Wildman–Crippen LogP) is 0.00480. The highest BCUT2D eigenvalue weighted by Crippen LogP contribution is 2.26. The molecule has 1 aromatic rings. The Morgan fingerprint density at radius 1 is 1.55 bits per heavy atom. The van der Waals surface area contributed by atoms with Crippen LogP contribution >= 0.6 is 0 Å². The van der Waals surface area contributed by atoms with Gasteiger partial charge in [0.05, 0.1) is 5.69 Å². The molecule has 0 spiro atoms. The first-order valence-electron chi connectivity index (χ1n) is 3.64. The van der Waals surface area contributed by atoms with Gasteiger partial charge in [-0.25, -0.2) is 9.97 Å². The molecule has 0 aromatic carbocycles. The summed E-state index contributed by atoms with van der Waals surface area (Å²) < 4.78 is 0. The molecule has 0 saturated heterocycles. The second kappa shape index (κ2) is 2.17. The Morgan fingerprint density at radius 3 is 3.18 bits per heavy atom. The molecule has 1 unspecified atom stereocenters. The summed E-state index contributed by atoms with van der Waals surface area (Å²) in [5.74, 6) is 0.320. The summed E-state index contributed by atoms with van der Waals surface area (Å²) in [6, 6.07) is 0.0651. The molecule has 0 aliphatic heterocycles. The van der Waals surface area contributed by atoms with Gasteiger partial charge in [0.15, 0.2) is 0 Å². The van der Waals surface area contributed by atoms with Crippen LogP contribution < -0.4 is 11.5 Å². The highest BCUT2D eigenvalue weighted by Gasteiger charge is 2.20. The molecule has 2 rings (SSSR count). The lowest BCUT2D eigenvalue weighted by Crippen LogP contribution is -2.09. The van der Waals surface area contributed by atoms with Crippen molar-refractivity contribution < 1.29 is 0 Å². The molecule has 1 aliphatic carbocycles. The average Bonchev–Trinajstić information content (AvgIpc) is 2.33. The van der Waals surface area contributed by atoms with E-state index in [1.54, 1.807) is 6.20 Å². The van der Waals surface area contributed by atoms with Gasteiger partial charge in [0.1, 0.15) is 0 Å². The topological polar surface area (TPSA) is 77.8 Å². The molecule has 58 valence electrons. The van der Waals surface area contributed by atoms with Crippen LogP contribution in [0.5, 0.6) is 0 Å². The van der Waals surface area contributed by atoms with Gasteiger partial charge >= 0.3 is 0 Å². The molecule has 0 fully saturated rings. The van der Waals surface area contributed by atoms with Gasteiger partial charge in [-0.2, -0.15) is 0 Å². The lowest BCUT2D eigenvalue weighted by molar-refractivity contribution is 0.698. The highest BCUT2D eigenvalue weighted by atomic mass is 15.0. The Kier molecular flexibility index (Phi) is 1.29. The minimum atomic E-state index is 0.0651. The SMILES string of the molecule is Nc1ncc2c(n1)C(N)CC2. The third-order valence-corrected chi connectivity index (χ3v) is 1.99. The maximum Gasteiger partial charge on any atom is 0.220 e. The lowest BCUT2D eigenvalue weighted by atomic mass is 10.2. The van der Waals surface area contributed by atoms with Crippen LogP contribution in [0, 0.1) is 0 Å². The summed E-state index contributed by atoms with van der Waals surface area (Å²) in [4.78, 5) is 7.97. The lowest BCUT2D eigenvalue weighted by Gasteiger charge is -2.02. The van der Waals surface area contributed by atoms with E-state index in [-0.39, 0.29) is 6.04 Å². The van der Waals surface area contributed by atoms with Gasteiger partial charge in [0.2, 0.25) is 5.95 Å². The van der Waals surface area contributed by atoms with E-state index >= 15 is 0 Å². The smallest absolute Gasteiger partial charge is 0.220 e. The fraction of sp³-hybridized carbons (Fsp3) is 0.429. The molecule has 4 heteroatoms. The average molecular weight is 150 g/mol. The van der Waals surface area contributed by atoms with Crippen LogP contribution in [0.3, 0.4) is 0 Å². The first-order chi connectivity index (χ1) is 5.27. The number of nitrogens with two attached hydrogens (primary N) is 2. The quantitative estimate of drug-likeness (QED) is 0.546. The zero-order chi connectivity index (χ0) is 7.84. The van der Waals surface area contributed by atoms with Crippen LogP contribution in [0.15, 0.2) is 6.20 Å². The van der Waals surface area contributed by atoms with E-state index in [0.29, 0.717) is 5.95 Å². The van der Waals surface area contributed by atoms with Crippen molar-refractivity contribution in [2.45, 2.75) is 18.9 Å². The molecule has 0 bridgehead atoms. The van der Waals surface area contributed by atoms with Crippen molar-refractivity contribution in [3.05, 3.63) is 17.5 Å². The zero-order valence-corrected chi connectivity index (χ0v) is 6.12. The van der Waals surface area contributed by atoms with Gasteiger partial charge in [0.25, 0.3) is 0 Å². The van der Waals surface area contributed by atoms with Crippen LogP contribution in [0.25, 0.3) is 0 Å². The molecule has 4 nitrogen and oxygen atoms in total. The monoisotopic (exact) mass is 150 g/mol. The summed E-state index contributed by atoms with van der Waals surface area (Å²) in [6.45, 7) is 0. The van der Waals surface area contributed by atoms with Crippen molar-refractivity contribution >= 4 is 5.95 Å². The van der Waals surface area contributed by atoms with Crippen LogP contribution in [-0.4, -0.2) is 9.97 Å². The van der Waals surface area contributed by atoms with E-state index in [0.717, 1.165) is 24.1 Å². The summed E-state index contributed by atoms with van der Waals surface area (Å²) in [5, 5.41) is 0. The Morgan fingerprint density at radius 2 is 2.36 bits per heavy atom. The van der Waals surface area contributed by atoms with Crippen molar-refractivity contribution in [3.63, 3.8) is 0 Å². The van der Waals surface area contributed by atoms with E-state index in [1.807, 2.05) is 0 Å².